The van der Waals surface area contributed by atoms with E-state index in [-0.39, 0.29) is 5.92 Å². The molecular formula is C30H45F2NO2. The Hall–Kier alpha value is -0.970. The second-order valence-corrected chi connectivity index (χ2v) is 13.3. The molecule has 4 saturated carbocycles. The van der Waals surface area contributed by atoms with Crippen LogP contribution in [0.3, 0.4) is 0 Å². The summed E-state index contributed by atoms with van der Waals surface area (Å²) < 4.78 is 26.9. The molecule has 0 amide bonds. The molecule has 0 radical (unpaired) electrons. The van der Waals surface area contributed by atoms with Gasteiger partial charge in [-0.1, -0.05) is 50.7 Å². The number of nitrogens with zero attached hydrogens (tertiary/aromatic N) is 1. The molecule has 6 aliphatic rings. The summed E-state index contributed by atoms with van der Waals surface area (Å²) in [6.45, 7) is 1.19. The number of alkyl halides is 2. The van der Waals surface area contributed by atoms with E-state index in [0.29, 0.717) is 36.3 Å². The van der Waals surface area contributed by atoms with Crippen LogP contribution in [-0.4, -0.2) is 41.0 Å². The predicted octanol–water partition coefficient (Wildman–Crippen LogP) is 7.16. The standard InChI is InChI=1S/C30H45F2NO2/c31-29(32)30-17-25(30)28(30)21-10-12-23(13-11-21)33-18-22(9-6-19-4-2-1-3-5-19)24-16-20(7-14-26(24)33)8-15-27(34)35/h10,12,19-26,28-29H,1-9,11,13-18H2,(H,34,35). The second kappa shape index (κ2) is 9.72. The Morgan fingerprint density at radius 3 is 2.46 bits per heavy atom. The van der Waals surface area contributed by atoms with E-state index in [0.717, 1.165) is 43.4 Å². The number of aliphatic carboxylic acids is 1. The number of carboxylic acid groups (broad SMARTS) is 1. The highest BCUT2D eigenvalue weighted by atomic mass is 19.3. The van der Waals surface area contributed by atoms with Crippen LogP contribution in [0.2, 0.25) is 0 Å². The third-order valence-corrected chi connectivity index (χ3v) is 11.6. The lowest BCUT2D eigenvalue weighted by Crippen LogP contribution is -2.43. The van der Waals surface area contributed by atoms with Gasteiger partial charge in [0.1, 0.15) is 0 Å². The first-order chi connectivity index (χ1) is 17.0. The van der Waals surface area contributed by atoms with E-state index in [2.05, 4.69) is 17.1 Å². The van der Waals surface area contributed by atoms with E-state index in [9.17, 15) is 18.7 Å². The minimum atomic E-state index is -2.12. The summed E-state index contributed by atoms with van der Waals surface area (Å²) in [5.41, 5.74) is -0.584. The molecule has 5 heteroatoms. The van der Waals surface area contributed by atoms with E-state index >= 15 is 0 Å². The zero-order chi connectivity index (χ0) is 24.2. The fraction of sp³-hybridized carbons (Fsp3) is 0.900. The van der Waals surface area contributed by atoms with Crippen LogP contribution >= 0.6 is 0 Å². The molecular weight excluding hydrogens is 444 g/mol. The minimum absolute atomic E-state index is 0.263. The smallest absolute Gasteiger partial charge is 0.303 e. The van der Waals surface area contributed by atoms with Gasteiger partial charge in [0, 0.05) is 30.5 Å². The van der Waals surface area contributed by atoms with Crippen LogP contribution in [0.15, 0.2) is 12.2 Å². The number of likely N-dealkylation sites (tertiary alicyclic amines) is 1. The van der Waals surface area contributed by atoms with Gasteiger partial charge < -0.3 is 5.11 Å². The summed E-state index contributed by atoms with van der Waals surface area (Å²) >= 11 is 0. The molecule has 9 unspecified atom stereocenters. The first-order valence-corrected chi connectivity index (χ1v) is 14.9. The highest BCUT2D eigenvalue weighted by Gasteiger charge is 2.84. The van der Waals surface area contributed by atoms with E-state index < -0.39 is 17.8 Å². The zero-order valence-electron chi connectivity index (χ0n) is 21.3. The van der Waals surface area contributed by atoms with E-state index in [4.69, 9.17) is 0 Å². The molecule has 1 aliphatic heterocycles. The van der Waals surface area contributed by atoms with Crippen molar-refractivity contribution in [2.75, 3.05) is 6.54 Å². The molecule has 0 aromatic rings. The summed E-state index contributed by atoms with van der Waals surface area (Å²) in [5, 5.41) is 9.20. The highest BCUT2D eigenvalue weighted by molar-refractivity contribution is 5.66. The van der Waals surface area contributed by atoms with E-state index in [1.807, 2.05) is 0 Å². The van der Waals surface area contributed by atoms with Crippen LogP contribution in [0.4, 0.5) is 8.78 Å². The van der Waals surface area contributed by atoms with Gasteiger partial charge in [-0.3, -0.25) is 9.69 Å². The number of allylic oxidation sites excluding steroid dienone is 1. The molecule has 1 N–H and O–H groups in total. The van der Waals surface area contributed by atoms with Crippen molar-refractivity contribution in [3.63, 3.8) is 0 Å². The van der Waals surface area contributed by atoms with Crippen molar-refractivity contribution in [3.8, 4) is 0 Å². The maximum Gasteiger partial charge on any atom is 0.303 e. The maximum absolute atomic E-state index is 13.5. The molecule has 0 aromatic carbocycles. The van der Waals surface area contributed by atoms with Gasteiger partial charge in [0.25, 0.3) is 0 Å². The summed E-state index contributed by atoms with van der Waals surface area (Å²) in [6.07, 6.45) is 20.1. The van der Waals surface area contributed by atoms with Crippen molar-refractivity contribution >= 4 is 5.97 Å². The Kier molecular flexibility index (Phi) is 6.77. The fourth-order valence-corrected chi connectivity index (χ4v) is 9.44. The Balaban J connectivity index is 1.10. The summed E-state index contributed by atoms with van der Waals surface area (Å²) in [4.78, 5) is 14.0. The van der Waals surface area contributed by atoms with Crippen LogP contribution in [0, 0.1) is 46.8 Å². The number of rotatable bonds is 9. The molecule has 1 saturated heterocycles. The number of carboxylic acids is 1. The van der Waals surface area contributed by atoms with Crippen molar-refractivity contribution in [1.29, 1.82) is 0 Å². The van der Waals surface area contributed by atoms with Crippen molar-refractivity contribution in [3.05, 3.63) is 12.2 Å². The van der Waals surface area contributed by atoms with Crippen LogP contribution in [0.1, 0.15) is 96.3 Å². The molecule has 5 fully saturated rings. The summed E-state index contributed by atoms with van der Waals surface area (Å²) in [7, 11) is 0. The van der Waals surface area contributed by atoms with Gasteiger partial charge in [0.2, 0.25) is 6.43 Å². The number of carbonyl (C=O) groups is 1. The predicted molar refractivity (Wildman–Crippen MR) is 133 cm³/mol. The van der Waals surface area contributed by atoms with Crippen molar-refractivity contribution in [2.45, 2.75) is 115 Å². The number of fused-ring (bicyclic) bond motifs is 2. The molecule has 35 heavy (non-hydrogen) atoms. The minimum Gasteiger partial charge on any atom is -0.481 e. The molecule has 0 bridgehead atoms. The Morgan fingerprint density at radius 2 is 1.80 bits per heavy atom. The van der Waals surface area contributed by atoms with Gasteiger partial charge in [-0.05, 0) is 92.8 Å². The highest BCUT2D eigenvalue weighted by Crippen LogP contribution is 2.84. The van der Waals surface area contributed by atoms with Gasteiger partial charge in [-0.2, -0.15) is 0 Å². The van der Waals surface area contributed by atoms with Gasteiger partial charge in [-0.15, -0.1) is 0 Å². The van der Waals surface area contributed by atoms with Crippen LogP contribution in [-0.2, 0) is 4.79 Å². The summed E-state index contributed by atoms with van der Waals surface area (Å²) in [5.74, 6) is 3.26. The van der Waals surface area contributed by atoms with Crippen LogP contribution in [0.25, 0.3) is 0 Å². The lowest BCUT2D eigenvalue weighted by Gasteiger charge is -2.40. The third-order valence-electron chi connectivity index (χ3n) is 11.6. The maximum atomic E-state index is 13.5. The first-order valence-electron chi connectivity index (χ1n) is 14.9. The number of halogens is 2. The van der Waals surface area contributed by atoms with Gasteiger partial charge in [0.05, 0.1) is 0 Å². The average Bonchev–Trinajstić information content (AvgIpc) is 3.72. The fourth-order valence-electron chi connectivity index (χ4n) is 9.44. The second-order valence-electron chi connectivity index (χ2n) is 13.3. The van der Waals surface area contributed by atoms with Crippen molar-refractivity contribution in [2.24, 2.45) is 46.8 Å². The molecule has 6 rings (SSSR count). The molecule has 5 aliphatic carbocycles. The molecule has 0 spiro atoms. The zero-order valence-corrected chi connectivity index (χ0v) is 21.3. The van der Waals surface area contributed by atoms with Gasteiger partial charge >= 0.3 is 5.97 Å². The Labute approximate surface area is 210 Å². The summed E-state index contributed by atoms with van der Waals surface area (Å²) in [6, 6.07) is 1.12. The lowest BCUT2D eigenvalue weighted by atomic mass is 9.71. The molecule has 9 atom stereocenters. The Bertz CT molecular complexity index is 810. The largest absolute Gasteiger partial charge is 0.481 e. The number of hydrogen-bond acceptors (Lipinski definition) is 2. The molecule has 1 heterocycles. The van der Waals surface area contributed by atoms with E-state index in [1.165, 1.54) is 70.8 Å². The van der Waals surface area contributed by atoms with Crippen molar-refractivity contribution in [1.82, 2.24) is 4.90 Å². The first kappa shape index (κ1) is 24.4. The molecule has 3 nitrogen and oxygen atoms in total. The Morgan fingerprint density at radius 1 is 0.971 bits per heavy atom. The monoisotopic (exact) mass is 489 g/mol. The topological polar surface area (TPSA) is 40.5 Å². The van der Waals surface area contributed by atoms with Gasteiger partial charge in [0.15, 0.2) is 0 Å². The van der Waals surface area contributed by atoms with E-state index in [1.54, 1.807) is 0 Å². The SMILES string of the molecule is O=C(O)CCC1CCC2C(C1)C(CCC1CCCCC1)CN2C1C=CC(C2C3CC32C(F)F)CC1. The van der Waals surface area contributed by atoms with Crippen molar-refractivity contribution < 1.29 is 18.7 Å². The van der Waals surface area contributed by atoms with Crippen LogP contribution < -0.4 is 0 Å². The average molecular weight is 490 g/mol. The third kappa shape index (κ3) is 4.61. The normalized spacial score (nSPS) is 45.3. The molecule has 196 valence electrons. The lowest BCUT2D eigenvalue weighted by molar-refractivity contribution is -0.137. The van der Waals surface area contributed by atoms with Gasteiger partial charge in [-0.25, -0.2) is 8.78 Å². The van der Waals surface area contributed by atoms with Crippen LogP contribution in [0.5, 0.6) is 0 Å². The molecule has 0 aromatic heterocycles. The quantitative estimate of drug-likeness (QED) is 0.349. The number of hydrogen-bond donors (Lipinski definition) is 1.